The van der Waals surface area contributed by atoms with E-state index >= 15 is 0 Å². The molecule has 6 heteroatoms. The van der Waals surface area contributed by atoms with Crippen molar-refractivity contribution in [3.63, 3.8) is 0 Å². The van der Waals surface area contributed by atoms with Gasteiger partial charge in [0.1, 0.15) is 5.82 Å². The standard InChI is InChI=1S/C20H19BrFN3O/c21-13-3-6-17-16(11-13)15-8-10-25(18(26)7-9-23)20(19(15)24-17)12-1-4-14(22)5-2-12/h1-6,11,20,24H,7-10,23H2. The summed E-state index contributed by atoms with van der Waals surface area (Å²) in [5.74, 6) is -0.266. The molecular weight excluding hydrogens is 397 g/mol. The van der Waals surface area contributed by atoms with E-state index in [0.717, 1.165) is 33.1 Å². The minimum Gasteiger partial charge on any atom is -0.356 e. The third-order valence-corrected chi connectivity index (χ3v) is 5.45. The Bertz CT molecular complexity index is 967. The summed E-state index contributed by atoms with van der Waals surface area (Å²) >= 11 is 3.53. The molecule has 1 amide bonds. The molecule has 0 radical (unpaired) electrons. The molecule has 1 atom stereocenters. The Morgan fingerprint density at radius 1 is 1.27 bits per heavy atom. The van der Waals surface area contributed by atoms with Crippen molar-refractivity contribution in [2.24, 2.45) is 5.73 Å². The normalized spacial score (nSPS) is 16.7. The molecule has 1 aromatic heterocycles. The number of hydrogen-bond acceptors (Lipinski definition) is 2. The molecule has 4 rings (SSSR count). The Labute approximate surface area is 159 Å². The molecule has 4 nitrogen and oxygen atoms in total. The number of amides is 1. The number of fused-ring (bicyclic) bond motifs is 3. The van der Waals surface area contributed by atoms with Gasteiger partial charge in [-0.25, -0.2) is 4.39 Å². The second kappa shape index (κ2) is 6.85. The Morgan fingerprint density at radius 2 is 2.04 bits per heavy atom. The maximum atomic E-state index is 13.4. The Kier molecular flexibility index (Phi) is 4.54. The molecule has 134 valence electrons. The zero-order valence-corrected chi connectivity index (χ0v) is 15.7. The molecule has 0 spiro atoms. The van der Waals surface area contributed by atoms with Gasteiger partial charge in [-0.05, 0) is 47.9 Å². The van der Waals surface area contributed by atoms with E-state index in [-0.39, 0.29) is 17.8 Å². The first kappa shape index (κ1) is 17.2. The predicted molar refractivity (Wildman–Crippen MR) is 103 cm³/mol. The molecule has 3 aromatic rings. The number of carbonyl (C=O) groups excluding carboxylic acids is 1. The number of H-pyrrole nitrogens is 1. The van der Waals surface area contributed by atoms with Gasteiger partial charge in [0, 0.05) is 40.6 Å². The van der Waals surface area contributed by atoms with Crippen LogP contribution < -0.4 is 5.73 Å². The maximum absolute atomic E-state index is 13.4. The molecule has 1 unspecified atom stereocenters. The monoisotopic (exact) mass is 415 g/mol. The highest BCUT2D eigenvalue weighted by Crippen LogP contribution is 2.39. The summed E-state index contributed by atoms with van der Waals surface area (Å²) in [5.41, 5.74) is 9.75. The van der Waals surface area contributed by atoms with Crippen LogP contribution in [0.1, 0.15) is 29.3 Å². The molecule has 1 aliphatic rings. The van der Waals surface area contributed by atoms with Crippen molar-refractivity contribution < 1.29 is 9.18 Å². The number of carbonyl (C=O) groups is 1. The van der Waals surface area contributed by atoms with E-state index in [1.807, 2.05) is 17.0 Å². The summed E-state index contributed by atoms with van der Waals surface area (Å²) in [4.78, 5) is 18.0. The number of rotatable bonds is 3. The van der Waals surface area contributed by atoms with Gasteiger partial charge in [0.2, 0.25) is 5.91 Å². The molecule has 0 saturated heterocycles. The Morgan fingerprint density at radius 3 is 2.77 bits per heavy atom. The van der Waals surface area contributed by atoms with Crippen molar-refractivity contribution in [1.82, 2.24) is 9.88 Å². The number of nitrogens with one attached hydrogen (secondary N) is 1. The van der Waals surface area contributed by atoms with Crippen LogP contribution in [-0.4, -0.2) is 28.9 Å². The van der Waals surface area contributed by atoms with Crippen LogP contribution in [0.3, 0.4) is 0 Å². The summed E-state index contributed by atoms with van der Waals surface area (Å²) in [6.45, 7) is 0.936. The molecule has 0 bridgehead atoms. The topological polar surface area (TPSA) is 62.1 Å². The Balaban J connectivity index is 1.88. The minimum atomic E-state index is -0.287. The van der Waals surface area contributed by atoms with Gasteiger partial charge in [-0.2, -0.15) is 0 Å². The zero-order chi connectivity index (χ0) is 18.3. The van der Waals surface area contributed by atoms with Crippen LogP contribution in [0.15, 0.2) is 46.9 Å². The first-order valence-corrected chi connectivity index (χ1v) is 9.43. The fourth-order valence-electron chi connectivity index (χ4n) is 3.79. The molecular formula is C20H19BrFN3O. The van der Waals surface area contributed by atoms with E-state index in [1.165, 1.54) is 17.7 Å². The highest BCUT2D eigenvalue weighted by molar-refractivity contribution is 9.10. The maximum Gasteiger partial charge on any atom is 0.224 e. The lowest BCUT2D eigenvalue weighted by Gasteiger charge is -2.36. The van der Waals surface area contributed by atoms with E-state index < -0.39 is 0 Å². The summed E-state index contributed by atoms with van der Waals surface area (Å²) in [7, 11) is 0. The predicted octanol–water partition coefficient (Wildman–Crippen LogP) is 3.89. The third kappa shape index (κ3) is 2.93. The van der Waals surface area contributed by atoms with E-state index in [9.17, 15) is 9.18 Å². The number of aromatic amines is 1. The van der Waals surface area contributed by atoms with Gasteiger partial charge in [0.25, 0.3) is 0 Å². The summed E-state index contributed by atoms with van der Waals surface area (Å²) in [6, 6.07) is 12.2. The molecule has 3 N–H and O–H groups in total. The number of benzene rings is 2. The van der Waals surface area contributed by atoms with Gasteiger partial charge in [-0.15, -0.1) is 0 Å². The lowest BCUT2D eigenvalue weighted by molar-refractivity contribution is -0.133. The van der Waals surface area contributed by atoms with Crippen LogP contribution in [-0.2, 0) is 11.2 Å². The highest BCUT2D eigenvalue weighted by Gasteiger charge is 2.34. The van der Waals surface area contributed by atoms with Crippen LogP contribution >= 0.6 is 15.9 Å². The van der Waals surface area contributed by atoms with Gasteiger partial charge in [0.15, 0.2) is 0 Å². The quantitative estimate of drug-likeness (QED) is 0.681. The minimum absolute atomic E-state index is 0.0207. The van der Waals surface area contributed by atoms with Crippen LogP contribution in [0.25, 0.3) is 10.9 Å². The molecule has 0 fully saturated rings. The van der Waals surface area contributed by atoms with E-state index in [2.05, 4.69) is 27.0 Å². The fourth-order valence-corrected chi connectivity index (χ4v) is 4.15. The zero-order valence-electron chi connectivity index (χ0n) is 14.1. The molecule has 0 saturated carbocycles. The number of nitrogens with two attached hydrogens (primary N) is 1. The van der Waals surface area contributed by atoms with Crippen molar-refractivity contribution in [1.29, 1.82) is 0 Å². The van der Waals surface area contributed by atoms with Gasteiger partial charge >= 0.3 is 0 Å². The number of halogens is 2. The average molecular weight is 416 g/mol. The first-order chi connectivity index (χ1) is 12.6. The third-order valence-electron chi connectivity index (χ3n) is 4.95. The van der Waals surface area contributed by atoms with Crippen molar-refractivity contribution in [2.45, 2.75) is 18.9 Å². The molecule has 2 aromatic carbocycles. The first-order valence-electron chi connectivity index (χ1n) is 8.63. The van der Waals surface area contributed by atoms with Gasteiger partial charge in [-0.3, -0.25) is 4.79 Å². The summed E-state index contributed by atoms with van der Waals surface area (Å²) in [5, 5.41) is 1.16. The lowest BCUT2D eigenvalue weighted by atomic mass is 9.92. The van der Waals surface area contributed by atoms with Crippen molar-refractivity contribution in [3.8, 4) is 0 Å². The second-order valence-electron chi connectivity index (χ2n) is 6.54. The molecule has 26 heavy (non-hydrogen) atoms. The SMILES string of the molecule is NCCC(=O)N1CCc2c([nH]c3ccc(Br)cc23)C1c1ccc(F)cc1. The second-order valence-corrected chi connectivity index (χ2v) is 7.45. The van der Waals surface area contributed by atoms with Gasteiger partial charge in [0.05, 0.1) is 6.04 Å². The van der Waals surface area contributed by atoms with Crippen LogP contribution in [0.4, 0.5) is 4.39 Å². The van der Waals surface area contributed by atoms with Gasteiger partial charge in [-0.1, -0.05) is 28.1 Å². The van der Waals surface area contributed by atoms with Crippen molar-refractivity contribution in [2.75, 3.05) is 13.1 Å². The van der Waals surface area contributed by atoms with Crippen LogP contribution in [0.2, 0.25) is 0 Å². The smallest absolute Gasteiger partial charge is 0.224 e. The number of nitrogens with zero attached hydrogens (tertiary/aromatic N) is 1. The fraction of sp³-hybridized carbons (Fsp3) is 0.250. The van der Waals surface area contributed by atoms with E-state index in [1.54, 1.807) is 12.1 Å². The average Bonchev–Trinajstić information content (AvgIpc) is 3.00. The van der Waals surface area contributed by atoms with E-state index in [4.69, 9.17) is 5.73 Å². The van der Waals surface area contributed by atoms with Crippen LogP contribution in [0, 0.1) is 5.82 Å². The summed E-state index contributed by atoms with van der Waals surface area (Å²) in [6.07, 6.45) is 1.08. The van der Waals surface area contributed by atoms with E-state index in [0.29, 0.717) is 19.5 Å². The molecule has 1 aliphatic heterocycles. The van der Waals surface area contributed by atoms with Gasteiger partial charge < -0.3 is 15.6 Å². The highest BCUT2D eigenvalue weighted by atomic mass is 79.9. The largest absolute Gasteiger partial charge is 0.356 e. The van der Waals surface area contributed by atoms with Crippen LogP contribution in [0.5, 0.6) is 0 Å². The van der Waals surface area contributed by atoms with Crippen molar-refractivity contribution in [3.05, 3.63) is 69.6 Å². The lowest BCUT2D eigenvalue weighted by Crippen LogP contribution is -2.41. The Hall–Kier alpha value is -2.18. The van der Waals surface area contributed by atoms with Crippen molar-refractivity contribution >= 4 is 32.7 Å². The molecule has 2 heterocycles. The summed E-state index contributed by atoms with van der Waals surface area (Å²) < 4.78 is 14.4. The number of aromatic nitrogens is 1. The number of hydrogen-bond donors (Lipinski definition) is 2. The molecule has 0 aliphatic carbocycles.